The highest BCUT2D eigenvalue weighted by Crippen LogP contribution is 2.28. The number of nitrogens with one attached hydrogen (secondary N) is 2. The number of aromatic nitrogens is 5. The fourth-order valence-electron chi connectivity index (χ4n) is 4.50. The zero-order valence-corrected chi connectivity index (χ0v) is 18.9. The lowest BCUT2D eigenvalue weighted by Crippen LogP contribution is -2.54. The van der Waals surface area contributed by atoms with Gasteiger partial charge in [0.2, 0.25) is 0 Å². The number of hydrogen-bond acceptors (Lipinski definition) is 7. The maximum atomic E-state index is 14.5. The second kappa shape index (κ2) is 8.04. The Balaban J connectivity index is 1.53. The number of rotatable bonds is 3. The van der Waals surface area contributed by atoms with Crippen molar-refractivity contribution in [1.29, 1.82) is 0 Å². The van der Waals surface area contributed by atoms with Crippen LogP contribution in [0.5, 0.6) is 0 Å². The highest BCUT2D eigenvalue weighted by molar-refractivity contribution is 6.13. The van der Waals surface area contributed by atoms with E-state index in [1.54, 1.807) is 32.4 Å². The van der Waals surface area contributed by atoms with Crippen molar-refractivity contribution in [2.75, 3.05) is 23.3 Å². The first-order valence-electron chi connectivity index (χ1n) is 10.9. The van der Waals surface area contributed by atoms with Crippen LogP contribution in [0.25, 0.3) is 21.8 Å². The van der Waals surface area contributed by atoms with Gasteiger partial charge in [0, 0.05) is 61.9 Å². The number of halogens is 1. The molecule has 5 rings (SSSR count). The third-order valence-electron chi connectivity index (χ3n) is 5.76. The summed E-state index contributed by atoms with van der Waals surface area (Å²) in [6.45, 7) is 7.62. The summed E-state index contributed by atoms with van der Waals surface area (Å²) in [6, 6.07) is 3.56. The number of aryl methyl sites for hydroxylation is 2. The molecule has 10 heteroatoms. The van der Waals surface area contributed by atoms with Crippen molar-refractivity contribution in [2.24, 2.45) is 7.05 Å². The molecular weight excluding hydrogens is 423 g/mol. The molecule has 3 aromatic heterocycles. The van der Waals surface area contributed by atoms with Gasteiger partial charge >= 0.3 is 0 Å². The van der Waals surface area contributed by atoms with E-state index in [9.17, 15) is 9.18 Å². The number of benzene rings is 1. The first-order chi connectivity index (χ1) is 15.8. The third-order valence-corrected chi connectivity index (χ3v) is 5.76. The Bertz CT molecular complexity index is 1370. The molecule has 1 aromatic carbocycles. The number of nitrogens with zero attached hydrogens (tertiary/aromatic N) is 6. The normalized spacial score (nSPS) is 18.8. The lowest BCUT2D eigenvalue weighted by atomic mass is 10.1. The second-order valence-corrected chi connectivity index (χ2v) is 8.70. The van der Waals surface area contributed by atoms with E-state index in [0.29, 0.717) is 45.4 Å². The van der Waals surface area contributed by atoms with Gasteiger partial charge in [-0.05, 0) is 32.9 Å². The minimum Gasteiger partial charge on any atom is -0.353 e. The molecule has 0 unspecified atom stereocenters. The number of piperazine rings is 1. The molecule has 1 amide bonds. The third kappa shape index (κ3) is 3.97. The number of carbonyl (C=O) groups is 1. The topological polar surface area (TPSA) is 101 Å². The zero-order chi connectivity index (χ0) is 23.3. The molecule has 9 nitrogen and oxygen atoms in total. The highest BCUT2D eigenvalue weighted by atomic mass is 19.1. The lowest BCUT2D eigenvalue weighted by Gasteiger charge is -2.37. The predicted octanol–water partition coefficient (Wildman–Crippen LogP) is 2.80. The Morgan fingerprint density at radius 1 is 1.15 bits per heavy atom. The Kier molecular flexibility index (Phi) is 5.16. The van der Waals surface area contributed by atoms with Crippen LogP contribution in [0.4, 0.5) is 15.9 Å². The minimum absolute atomic E-state index is 0.259. The van der Waals surface area contributed by atoms with Crippen molar-refractivity contribution in [1.82, 2.24) is 30.0 Å². The van der Waals surface area contributed by atoms with Crippen LogP contribution in [-0.4, -0.2) is 55.8 Å². The molecule has 1 fully saturated rings. The number of hydrogen-bond donors (Lipinski definition) is 2. The van der Waals surface area contributed by atoms with Crippen molar-refractivity contribution in [2.45, 2.75) is 32.9 Å². The molecule has 0 radical (unpaired) electrons. The Morgan fingerprint density at radius 2 is 1.91 bits per heavy atom. The van der Waals surface area contributed by atoms with Gasteiger partial charge in [0.1, 0.15) is 17.2 Å². The summed E-state index contributed by atoms with van der Waals surface area (Å²) in [5, 5.41) is 11.7. The van der Waals surface area contributed by atoms with Crippen molar-refractivity contribution in [3.05, 3.63) is 47.9 Å². The van der Waals surface area contributed by atoms with Gasteiger partial charge in [0.05, 0.1) is 16.5 Å². The van der Waals surface area contributed by atoms with Crippen molar-refractivity contribution in [3.63, 3.8) is 0 Å². The maximum absolute atomic E-state index is 14.5. The summed E-state index contributed by atoms with van der Waals surface area (Å²) < 4.78 is 16.0. The molecule has 0 bridgehead atoms. The van der Waals surface area contributed by atoms with E-state index in [-0.39, 0.29) is 5.52 Å². The summed E-state index contributed by atoms with van der Waals surface area (Å²) in [7, 11) is 1.72. The summed E-state index contributed by atoms with van der Waals surface area (Å²) in [5.74, 6) is 0.395. The number of pyridine rings is 1. The molecule has 1 aliphatic heterocycles. The van der Waals surface area contributed by atoms with Gasteiger partial charge in [-0.1, -0.05) is 0 Å². The molecule has 33 heavy (non-hydrogen) atoms. The summed E-state index contributed by atoms with van der Waals surface area (Å²) >= 11 is 0. The van der Waals surface area contributed by atoms with Crippen LogP contribution in [0, 0.1) is 12.7 Å². The summed E-state index contributed by atoms with van der Waals surface area (Å²) in [6.07, 6.45) is 4.96. The van der Waals surface area contributed by atoms with Crippen molar-refractivity contribution in [3.8, 4) is 0 Å². The number of carbonyl (C=O) groups excluding carboxylic acids is 1. The SMILES string of the molecule is Cc1ncc2c(N3C[C@@H](C)N[C@H](C)C3)ncc(C(=O)Nc3cc(F)c4nn(C)cc4c3)c2n1. The molecule has 0 spiro atoms. The summed E-state index contributed by atoms with van der Waals surface area (Å²) in [4.78, 5) is 28.9. The molecular formula is C23H25FN8O. The van der Waals surface area contributed by atoms with Crippen LogP contribution >= 0.6 is 0 Å². The molecule has 2 N–H and O–H groups in total. The Labute approximate surface area is 190 Å². The van der Waals surface area contributed by atoms with E-state index in [4.69, 9.17) is 0 Å². The largest absolute Gasteiger partial charge is 0.353 e. The first-order valence-corrected chi connectivity index (χ1v) is 10.9. The van der Waals surface area contributed by atoms with Crippen LogP contribution in [-0.2, 0) is 7.05 Å². The molecule has 170 valence electrons. The number of anilines is 2. The van der Waals surface area contributed by atoms with E-state index in [0.717, 1.165) is 18.9 Å². The van der Waals surface area contributed by atoms with Crippen molar-refractivity contribution >= 4 is 39.2 Å². The lowest BCUT2D eigenvalue weighted by molar-refractivity contribution is 0.102. The van der Waals surface area contributed by atoms with Gasteiger partial charge < -0.3 is 15.5 Å². The fourth-order valence-corrected chi connectivity index (χ4v) is 4.50. The molecule has 0 saturated carbocycles. The van der Waals surface area contributed by atoms with E-state index >= 15 is 0 Å². The van der Waals surface area contributed by atoms with E-state index < -0.39 is 11.7 Å². The molecule has 1 aliphatic rings. The van der Waals surface area contributed by atoms with Crippen molar-refractivity contribution < 1.29 is 9.18 Å². The number of amides is 1. The van der Waals surface area contributed by atoms with E-state index in [1.807, 2.05) is 0 Å². The molecule has 2 atom stereocenters. The minimum atomic E-state index is -0.498. The van der Waals surface area contributed by atoms with E-state index in [1.165, 1.54) is 16.9 Å². The molecule has 4 heterocycles. The predicted molar refractivity (Wildman–Crippen MR) is 125 cm³/mol. The van der Waals surface area contributed by atoms with Crippen LogP contribution in [0.1, 0.15) is 30.0 Å². The quantitative estimate of drug-likeness (QED) is 0.497. The van der Waals surface area contributed by atoms with Gasteiger partial charge in [0.15, 0.2) is 5.82 Å². The first kappa shape index (κ1) is 21.2. The molecule has 4 aromatic rings. The van der Waals surface area contributed by atoms with Gasteiger partial charge in [-0.3, -0.25) is 9.48 Å². The van der Waals surface area contributed by atoms with Crippen LogP contribution in [0.15, 0.2) is 30.7 Å². The second-order valence-electron chi connectivity index (χ2n) is 8.70. The Morgan fingerprint density at radius 3 is 2.67 bits per heavy atom. The zero-order valence-electron chi connectivity index (χ0n) is 18.9. The van der Waals surface area contributed by atoms with Gasteiger partial charge in [-0.2, -0.15) is 5.10 Å². The number of fused-ring (bicyclic) bond motifs is 2. The average Bonchev–Trinajstić information content (AvgIpc) is 3.12. The van der Waals surface area contributed by atoms with Crippen LogP contribution < -0.4 is 15.5 Å². The maximum Gasteiger partial charge on any atom is 0.259 e. The monoisotopic (exact) mass is 448 g/mol. The van der Waals surface area contributed by atoms with Crippen LogP contribution in [0.2, 0.25) is 0 Å². The van der Waals surface area contributed by atoms with Crippen LogP contribution in [0.3, 0.4) is 0 Å². The van der Waals surface area contributed by atoms with E-state index in [2.05, 4.69) is 49.4 Å². The smallest absolute Gasteiger partial charge is 0.259 e. The molecule has 1 saturated heterocycles. The highest BCUT2D eigenvalue weighted by Gasteiger charge is 2.25. The average molecular weight is 449 g/mol. The fraction of sp³-hybridized carbons (Fsp3) is 0.348. The van der Waals surface area contributed by atoms with Gasteiger partial charge in [0.25, 0.3) is 5.91 Å². The Hall–Kier alpha value is -3.66. The van der Waals surface area contributed by atoms with Gasteiger partial charge in [-0.15, -0.1) is 0 Å². The summed E-state index contributed by atoms with van der Waals surface area (Å²) in [5.41, 5.74) is 1.43. The standard InChI is InChI=1S/C23H25FN8O/c1-12-9-32(10-13(2)27-12)22-17-7-25-14(3)28-21(17)18(8-26-22)23(33)29-16-5-15-11-31(4)30-20(15)19(24)6-16/h5-8,11-13,27H,9-10H2,1-4H3,(H,29,33)/t12-,13-/m1/s1. The molecule has 0 aliphatic carbocycles. The van der Waals surface area contributed by atoms with Gasteiger partial charge in [-0.25, -0.2) is 19.3 Å².